The Morgan fingerprint density at radius 3 is 2.84 bits per heavy atom. The summed E-state index contributed by atoms with van der Waals surface area (Å²) in [5.74, 6) is 2.44. The highest BCUT2D eigenvalue weighted by Gasteiger charge is 2.29. The summed E-state index contributed by atoms with van der Waals surface area (Å²) in [5.41, 5.74) is 4.44. The van der Waals surface area contributed by atoms with Crippen LogP contribution in [0.4, 0.5) is 0 Å². The highest BCUT2D eigenvalue weighted by molar-refractivity contribution is 5.72. The van der Waals surface area contributed by atoms with E-state index >= 15 is 0 Å². The quantitative estimate of drug-likeness (QED) is 0.699. The molecule has 100 valence electrons. The number of aryl methyl sites for hydroxylation is 1. The van der Waals surface area contributed by atoms with Gasteiger partial charge < -0.3 is 4.74 Å². The fourth-order valence-corrected chi connectivity index (χ4v) is 3.66. The van der Waals surface area contributed by atoms with Crippen LogP contribution >= 0.6 is 0 Å². The van der Waals surface area contributed by atoms with Crippen molar-refractivity contribution in [2.75, 3.05) is 7.11 Å². The lowest BCUT2D eigenvalue weighted by atomic mass is 9.73. The summed E-state index contributed by atoms with van der Waals surface area (Å²) in [6.07, 6.45) is 12.1. The molecule has 0 unspecified atom stereocenters. The van der Waals surface area contributed by atoms with Crippen LogP contribution in [-0.2, 0) is 6.42 Å². The third-order valence-corrected chi connectivity index (χ3v) is 4.63. The molecule has 1 heteroatoms. The number of allylic oxidation sites excluding steroid dienone is 4. The van der Waals surface area contributed by atoms with E-state index in [4.69, 9.17) is 4.74 Å². The van der Waals surface area contributed by atoms with E-state index in [1.54, 1.807) is 12.7 Å². The van der Waals surface area contributed by atoms with Gasteiger partial charge >= 0.3 is 0 Å². The van der Waals surface area contributed by atoms with E-state index in [9.17, 15) is 0 Å². The van der Waals surface area contributed by atoms with Crippen LogP contribution in [0.15, 0.2) is 36.4 Å². The molecular weight excluding hydrogens is 232 g/mol. The van der Waals surface area contributed by atoms with Crippen molar-refractivity contribution in [3.8, 4) is 5.75 Å². The van der Waals surface area contributed by atoms with Crippen LogP contribution in [0.1, 0.15) is 37.3 Å². The van der Waals surface area contributed by atoms with Gasteiger partial charge in [-0.05, 0) is 73.3 Å². The Morgan fingerprint density at radius 2 is 2.16 bits per heavy atom. The normalized spacial score (nSPS) is 27.6. The Morgan fingerprint density at radius 1 is 1.26 bits per heavy atom. The fraction of sp³-hybridized carbons (Fsp3) is 0.444. The third-order valence-electron chi connectivity index (χ3n) is 4.63. The second-order valence-electron chi connectivity index (χ2n) is 5.58. The van der Waals surface area contributed by atoms with E-state index in [1.165, 1.54) is 36.8 Å². The minimum Gasteiger partial charge on any atom is -0.497 e. The SMILES string of the molecule is C/C=C1/c2ccc(OC)cc2CC[C@@H]1[C@H]1C=CCC1. The number of hydrogen-bond acceptors (Lipinski definition) is 1. The molecule has 0 radical (unpaired) electrons. The Bertz CT molecular complexity index is 524. The zero-order valence-electron chi connectivity index (χ0n) is 11.9. The van der Waals surface area contributed by atoms with Crippen LogP contribution in [0.25, 0.3) is 5.57 Å². The summed E-state index contributed by atoms with van der Waals surface area (Å²) >= 11 is 0. The van der Waals surface area contributed by atoms with E-state index < -0.39 is 0 Å². The van der Waals surface area contributed by atoms with E-state index in [1.807, 2.05) is 0 Å². The zero-order valence-corrected chi connectivity index (χ0v) is 11.9. The molecule has 1 aromatic carbocycles. The molecule has 0 amide bonds. The number of hydrogen-bond donors (Lipinski definition) is 0. The molecule has 0 aromatic heterocycles. The van der Waals surface area contributed by atoms with Crippen LogP contribution in [0.2, 0.25) is 0 Å². The van der Waals surface area contributed by atoms with Crippen LogP contribution in [0.3, 0.4) is 0 Å². The lowest BCUT2D eigenvalue weighted by Gasteiger charge is -2.32. The maximum atomic E-state index is 5.35. The first kappa shape index (κ1) is 12.5. The Hall–Kier alpha value is -1.50. The van der Waals surface area contributed by atoms with Crippen LogP contribution in [0.5, 0.6) is 5.75 Å². The largest absolute Gasteiger partial charge is 0.497 e. The van der Waals surface area contributed by atoms with Gasteiger partial charge in [0.15, 0.2) is 0 Å². The number of benzene rings is 1. The maximum absolute atomic E-state index is 5.35. The second kappa shape index (κ2) is 5.24. The maximum Gasteiger partial charge on any atom is 0.119 e. The van der Waals surface area contributed by atoms with Gasteiger partial charge in [-0.1, -0.05) is 24.3 Å². The summed E-state index contributed by atoms with van der Waals surface area (Å²) < 4.78 is 5.35. The Balaban J connectivity index is 1.96. The Labute approximate surface area is 116 Å². The molecule has 2 aliphatic rings. The zero-order chi connectivity index (χ0) is 13.2. The Kier molecular flexibility index (Phi) is 3.46. The van der Waals surface area contributed by atoms with Crippen molar-refractivity contribution in [3.63, 3.8) is 0 Å². The molecule has 0 aliphatic heterocycles. The van der Waals surface area contributed by atoms with E-state index in [-0.39, 0.29) is 0 Å². The van der Waals surface area contributed by atoms with Crippen molar-refractivity contribution in [3.05, 3.63) is 47.6 Å². The summed E-state index contributed by atoms with van der Waals surface area (Å²) in [4.78, 5) is 0. The first-order valence-electron chi connectivity index (χ1n) is 7.33. The first-order valence-corrected chi connectivity index (χ1v) is 7.33. The van der Waals surface area contributed by atoms with Gasteiger partial charge in [-0.15, -0.1) is 0 Å². The summed E-state index contributed by atoms with van der Waals surface area (Å²) in [6.45, 7) is 2.18. The molecule has 0 fully saturated rings. The summed E-state index contributed by atoms with van der Waals surface area (Å²) in [6, 6.07) is 6.54. The molecule has 0 bridgehead atoms. The van der Waals surface area contributed by atoms with Gasteiger partial charge in [0.1, 0.15) is 5.75 Å². The average Bonchev–Trinajstić information content (AvgIpc) is 2.99. The smallest absolute Gasteiger partial charge is 0.119 e. The van der Waals surface area contributed by atoms with Crippen LogP contribution in [-0.4, -0.2) is 7.11 Å². The van der Waals surface area contributed by atoms with Gasteiger partial charge in [0, 0.05) is 0 Å². The molecule has 0 saturated heterocycles. The predicted molar refractivity (Wildman–Crippen MR) is 80.3 cm³/mol. The lowest BCUT2D eigenvalue weighted by Crippen LogP contribution is -2.19. The number of methoxy groups -OCH3 is 1. The number of rotatable bonds is 2. The lowest BCUT2D eigenvalue weighted by molar-refractivity contribution is 0.411. The number of fused-ring (bicyclic) bond motifs is 1. The fourth-order valence-electron chi connectivity index (χ4n) is 3.66. The average molecular weight is 254 g/mol. The molecule has 2 atom stereocenters. The van der Waals surface area contributed by atoms with E-state index in [0.717, 1.165) is 11.7 Å². The van der Waals surface area contributed by atoms with Crippen LogP contribution < -0.4 is 4.74 Å². The molecule has 2 aliphatic carbocycles. The summed E-state index contributed by atoms with van der Waals surface area (Å²) in [7, 11) is 1.74. The number of ether oxygens (including phenoxy) is 1. The van der Waals surface area contributed by atoms with Crippen molar-refractivity contribution in [2.45, 2.75) is 32.6 Å². The van der Waals surface area contributed by atoms with Gasteiger partial charge in [0.05, 0.1) is 7.11 Å². The monoisotopic (exact) mass is 254 g/mol. The molecule has 0 heterocycles. The molecule has 1 nitrogen and oxygen atoms in total. The van der Waals surface area contributed by atoms with Crippen LogP contribution in [0, 0.1) is 11.8 Å². The highest BCUT2D eigenvalue weighted by atomic mass is 16.5. The molecular formula is C18H22O. The van der Waals surface area contributed by atoms with Crippen molar-refractivity contribution in [2.24, 2.45) is 11.8 Å². The molecule has 19 heavy (non-hydrogen) atoms. The molecule has 0 saturated carbocycles. The van der Waals surface area contributed by atoms with Gasteiger partial charge in [-0.25, -0.2) is 0 Å². The first-order chi connectivity index (χ1) is 9.33. The molecule has 0 spiro atoms. The molecule has 1 aromatic rings. The van der Waals surface area contributed by atoms with Gasteiger partial charge in [-0.3, -0.25) is 0 Å². The van der Waals surface area contributed by atoms with E-state index in [2.05, 4.69) is 43.4 Å². The minimum absolute atomic E-state index is 0.713. The highest BCUT2D eigenvalue weighted by Crippen LogP contribution is 2.43. The minimum atomic E-state index is 0.713. The standard InChI is InChI=1S/C18H22O/c1-3-16-17(13-6-4-5-7-13)10-8-14-12-15(19-2)9-11-18(14)16/h3-4,6,9,11-13,17H,5,7-8,10H2,1-2H3/b16-3+/t13-,17+/m0/s1. The molecule has 0 N–H and O–H groups in total. The van der Waals surface area contributed by atoms with Gasteiger partial charge in [0.2, 0.25) is 0 Å². The van der Waals surface area contributed by atoms with Crippen molar-refractivity contribution in [1.29, 1.82) is 0 Å². The van der Waals surface area contributed by atoms with Gasteiger partial charge in [-0.2, -0.15) is 0 Å². The predicted octanol–water partition coefficient (Wildman–Crippen LogP) is 4.63. The molecule has 3 rings (SSSR count). The second-order valence-corrected chi connectivity index (χ2v) is 5.58. The van der Waals surface area contributed by atoms with E-state index in [0.29, 0.717) is 5.92 Å². The van der Waals surface area contributed by atoms with Crippen molar-refractivity contribution < 1.29 is 4.74 Å². The third kappa shape index (κ3) is 2.22. The topological polar surface area (TPSA) is 9.23 Å². The van der Waals surface area contributed by atoms with Crippen molar-refractivity contribution in [1.82, 2.24) is 0 Å². The van der Waals surface area contributed by atoms with Gasteiger partial charge in [0.25, 0.3) is 0 Å². The van der Waals surface area contributed by atoms with Crippen molar-refractivity contribution >= 4 is 5.57 Å². The summed E-state index contributed by atoms with van der Waals surface area (Å²) in [5, 5.41) is 0.